The molecule has 1 unspecified atom stereocenters. The zero-order valence-electron chi connectivity index (χ0n) is 14.4. The number of likely N-dealkylation sites (tertiary alicyclic amines) is 1. The van der Waals surface area contributed by atoms with Crippen LogP contribution in [0.5, 0.6) is 5.75 Å². The molecule has 0 spiro atoms. The molecule has 1 aliphatic rings. The molecule has 0 aliphatic carbocycles. The van der Waals surface area contributed by atoms with E-state index in [1.54, 1.807) is 11.9 Å². The van der Waals surface area contributed by atoms with Gasteiger partial charge in [0.15, 0.2) is 0 Å². The normalized spacial score (nSPS) is 17.7. The van der Waals surface area contributed by atoms with Gasteiger partial charge in [-0.3, -0.25) is 4.79 Å². The summed E-state index contributed by atoms with van der Waals surface area (Å²) < 4.78 is 5.65. The molecule has 1 aromatic carbocycles. The summed E-state index contributed by atoms with van der Waals surface area (Å²) in [7, 11) is 1.74. The fraction of sp³-hybridized carbons (Fsp3) is 0.611. The van der Waals surface area contributed by atoms with E-state index >= 15 is 0 Å². The smallest absolute Gasteiger partial charge is 0.223 e. The van der Waals surface area contributed by atoms with Crippen LogP contribution in [-0.2, 0) is 4.79 Å². The lowest BCUT2D eigenvalue weighted by atomic mass is 9.99. The molecule has 5 heteroatoms. The monoisotopic (exact) mass is 320 g/mol. The van der Waals surface area contributed by atoms with Crippen LogP contribution in [0.25, 0.3) is 0 Å². The molecule has 23 heavy (non-hydrogen) atoms. The second-order valence-electron chi connectivity index (χ2n) is 6.52. The van der Waals surface area contributed by atoms with E-state index in [1.165, 1.54) is 19.8 Å². The van der Waals surface area contributed by atoms with E-state index in [4.69, 9.17) is 4.74 Å². The Bertz CT molecular complexity index is 495. The quantitative estimate of drug-likeness (QED) is 0.872. The van der Waals surface area contributed by atoms with E-state index in [0.717, 1.165) is 24.7 Å². The maximum atomic E-state index is 11.3. The van der Waals surface area contributed by atoms with Crippen LogP contribution in [0.3, 0.4) is 0 Å². The van der Waals surface area contributed by atoms with Crippen molar-refractivity contribution >= 4 is 11.6 Å². The lowest BCUT2D eigenvalue weighted by Gasteiger charge is -2.31. The molecule has 1 amide bonds. The Labute approximate surface area is 138 Å². The van der Waals surface area contributed by atoms with Gasteiger partial charge in [0.25, 0.3) is 0 Å². The lowest BCUT2D eigenvalue weighted by molar-refractivity contribution is -0.116. The summed E-state index contributed by atoms with van der Waals surface area (Å²) in [5.74, 6) is 1.49. The number of amides is 1. The molecular weight excluding hydrogens is 292 g/mol. The minimum atomic E-state index is -0.483. The van der Waals surface area contributed by atoms with E-state index in [0.29, 0.717) is 12.3 Å². The Balaban J connectivity index is 1.75. The van der Waals surface area contributed by atoms with E-state index in [-0.39, 0.29) is 12.5 Å². The van der Waals surface area contributed by atoms with Gasteiger partial charge >= 0.3 is 0 Å². The molecule has 128 valence electrons. The lowest BCUT2D eigenvalue weighted by Crippen LogP contribution is -2.40. The predicted molar refractivity (Wildman–Crippen MR) is 91.9 cm³/mol. The summed E-state index contributed by atoms with van der Waals surface area (Å²) in [6, 6.07) is 7.33. The van der Waals surface area contributed by atoms with Gasteiger partial charge in [0.05, 0.1) is 0 Å². The van der Waals surface area contributed by atoms with Crippen LogP contribution < -0.4 is 9.64 Å². The summed E-state index contributed by atoms with van der Waals surface area (Å²) in [5, 5.41) is 10.1. The van der Waals surface area contributed by atoms with Crippen molar-refractivity contribution in [2.75, 3.05) is 38.2 Å². The van der Waals surface area contributed by atoms with Gasteiger partial charge in [-0.15, -0.1) is 0 Å². The van der Waals surface area contributed by atoms with Crippen LogP contribution in [0, 0.1) is 5.92 Å². The Morgan fingerprint density at radius 1 is 1.35 bits per heavy atom. The van der Waals surface area contributed by atoms with Gasteiger partial charge in [-0.2, -0.15) is 0 Å². The maximum Gasteiger partial charge on any atom is 0.223 e. The summed E-state index contributed by atoms with van der Waals surface area (Å²) in [4.78, 5) is 15.2. The summed E-state index contributed by atoms with van der Waals surface area (Å²) in [6.07, 6.45) is 1.93. The molecule has 1 fully saturated rings. The summed E-state index contributed by atoms with van der Waals surface area (Å²) in [6.45, 7) is 6.88. The van der Waals surface area contributed by atoms with Gasteiger partial charge in [0, 0.05) is 26.2 Å². The van der Waals surface area contributed by atoms with E-state index < -0.39 is 6.10 Å². The number of anilines is 1. The number of aliphatic hydroxyl groups is 1. The third kappa shape index (κ3) is 5.52. The van der Waals surface area contributed by atoms with Gasteiger partial charge < -0.3 is 19.6 Å². The number of benzene rings is 1. The molecule has 0 aromatic heterocycles. The van der Waals surface area contributed by atoms with Crippen LogP contribution >= 0.6 is 0 Å². The standard InChI is InChI=1S/C18H28N2O3/c1-14-8-10-20(11-9-14)12-17(22)13-23-18-6-4-16(5-7-18)19(3)15(2)21/h4-7,14,17,22H,8-13H2,1-3H3. The number of carbonyl (C=O) groups excluding carboxylic acids is 1. The first-order valence-electron chi connectivity index (χ1n) is 8.33. The highest BCUT2D eigenvalue weighted by atomic mass is 16.5. The van der Waals surface area contributed by atoms with E-state index in [2.05, 4.69) is 11.8 Å². The number of nitrogens with zero attached hydrogens (tertiary/aromatic N) is 2. The van der Waals surface area contributed by atoms with Crippen molar-refractivity contribution in [3.63, 3.8) is 0 Å². The molecule has 1 saturated heterocycles. The van der Waals surface area contributed by atoms with Crippen molar-refractivity contribution < 1.29 is 14.6 Å². The SMILES string of the molecule is CC(=O)N(C)c1ccc(OCC(O)CN2CCC(C)CC2)cc1. The molecule has 1 heterocycles. The molecule has 2 rings (SSSR count). The van der Waals surface area contributed by atoms with Gasteiger partial charge in [0.1, 0.15) is 18.5 Å². The zero-order chi connectivity index (χ0) is 16.8. The first-order valence-corrected chi connectivity index (χ1v) is 8.33. The average molecular weight is 320 g/mol. The molecule has 0 saturated carbocycles. The number of hydrogen-bond acceptors (Lipinski definition) is 4. The van der Waals surface area contributed by atoms with Gasteiger partial charge in [-0.1, -0.05) is 6.92 Å². The predicted octanol–water partition coefficient (Wildman–Crippen LogP) is 2.14. The fourth-order valence-corrected chi connectivity index (χ4v) is 2.74. The number of piperidine rings is 1. The second kappa shape index (κ2) is 8.31. The van der Waals surface area contributed by atoms with Crippen molar-refractivity contribution in [3.8, 4) is 5.75 Å². The third-order valence-electron chi connectivity index (χ3n) is 4.48. The number of aliphatic hydroxyl groups excluding tert-OH is 1. The van der Waals surface area contributed by atoms with Crippen LogP contribution in [0.1, 0.15) is 26.7 Å². The van der Waals surface area contributed by atoms with Crippen molar-refractivity contribution in [3.05, 3.63) is 24.3 Å². The van der Waals surface area contributed by atoms with E-state index in [9.17, 15) is 9.90 Å². The van der Waals surface area contributed by atoms with Crippen molar-refractivity contribution in [1.82, 2.24) is 4.90 Å². The van der Waals surface area contributed by atoms with E-state index in [1.807, 2.05) is 24.3 Å². The van der Waals surface area contributed by atoms with Crippen molar-refractivity contribution in [2.24, 2.45) is 5.92 Å². The highest BCUT2D eigenvalue weighted by Gasteiger charge is 2.18. The summed E-state index contributed by atoms with van der Waals surface area (Å²) >= 11 is 0. The fourth-order valence-electron chi connectivity index (χ4n) is 2.74. The Hall–Kier alpha value is -1.59. The highest BCUT2D eigenvalue weighted by molar-refractivity contribution is 5.90. The number of rotatable bonds is 6. The minimum absolute atomic E-state index is 0.00931. The molecule has 1 aliphatic heterocycles. The molecule has 0 bridgehead atoms. The molecule has 0 radical (unpaired) electrons. The van der Waals surface area contributed by atoms with Crippen LogP contribution in [-0.4, -0.2) is 55.3 Å². The second-order valence-corrected chi connectivity index (χ2v) is 6.52. The largest absolute Gasteiger partial charge is 0.491 e. The number of ether oxygens (including phenoxy) is 1. The van der Waals surface area contributed by atoms with Crippen LogP contribution in [0.15, 0.2) is 24.3 Å². The molecule has 1 atom stereocenters. The first-order chi connectivity index (χ1) is 11.0. The average Bonchev–Trinajstić information content (AvgIpc) is 2.55. The van der Waals surface area contributed by atoms with Crippen molar-refractivity contribution in [1.29, 1.82) is 0 Å². The van der Waals surface area contributed by atoms with Crippen LogP contribution in [0.2, 0.25) is 0 Å². The number of hydrogen-bond donors (Lipinski definition) is 1. The zero-order valence-corrected chi connectivity index (χ0v) is 14.4. The topological polar surface area (TPSA) is 53.0 Å². The summed E-state index contributed by atoms with van der Waals surface area (Å²) in [5.41, 5.74) is 0.827. The molecule has 5 nitrogen and oxygen atoms in total. The van der Waals surface area contributed by atoms with Gasteiger partial charge in [-0.25, -0.2) is 0 Å². The van der Waals surface area contributed by atoms with Crippen molar-refractivity contribution in [2.45, 2.75) is 32.8 Å². The highest BCUT2D eigenvalue weighted by Crippen LogP contribution is 2.19. The third-order valence-corrected chi connectivity index (χ3v) is 4.48. The number of β-amino-alcohol motifs (C(OH)–C–C–N with tert-alkyl or cyclic N) is 1. The Morgan fingerprint density at radius 3 is 2.52 bits per heavy atom. The van der Waals surface area contributed by atoms with Gasteiger partial charge in [-0.05, 0) is 56.1 Å². The number of carbonyl (C=O) groups is 1. The minimum Gasteiger partial charge on any atom is -0.491 e. The Kier molecular flexibility index (Phi) is 6.42. The van der Waals surface area contributed by atoms with Gasteiger partial charge in [0.2, 0.25) is 5.91 Å². The molecular formula is C18H28N2O3. The molecule has 1 N–H and O–H groups in total. The Morgan fingerprint density at radius 2 is 1.96 bits per heavy atom. The van der Waals surface area contributed by atoms with Crippen LogP contribution in [0.4, 0.5) is 5.69 Å². The maximum absolute atomic E-state index is 11.3. The first kappa shape index (κ1) is 17.8. The molecule has 1 aromatic rings.